The predicted octanol–water partition coefficient (Wildman–Crippen LogP) is 4.78. The van der Waals surface area contributed by atoms with Crippen LogP contribution in [0.1, 0.15) is 91.9 Å². The summed E-state index contributed by atoms with van der Waals surface area (Å²) in [7, 11) is 1.71. The van der Waals surface area contributed by atoms with Crippen LogP contribution in [0.25, 0.3) is 0 Å². The molecule has 4 fully saturated rings. The van der Waals surface area contributed by atoms with Crippen molar-refractivity contribution >= 4 is 12.2 Å². The number of ether oxygens (including phenoxy) is 3. The summed E-state index contributed by atoms with van der Waals surface area (Å²) < 4.78 is 19.0. The molecule has 2 aliphatic carbocycles. The van der Waals surface area contributed by atoms with Gasteiger partial charge in [0.1, 0.15) is 6.29 Å². The summed E-state index contributed by atoms with van der Waals surface area (Å²) >= 11 is 0. The maximum atomic E-state index is 13.5. The molecule has 0 N–H and O–H groups in total. The fourth-order valence-electron chi connectivity index (χ4n) is 7.35. The fourth-order valence-corrected chi connectivity index (χ4v) is 7.35. The van der Waals surface area contributed by atoms with Crippen LogP contribution >= 0.6 is 0 Å². The third-order valence-corrected chi connectivity index (χ3v) is 9.34. The molecule has 0 aromatic carbocycles. The Kier molecular flexibility index (Phi) is 8.10. The first-order valence-electron chi connectivity index (χ1n) is 13.8. The molecule has 6 atom stereocenters. The zero-order valence-electron chi connectivity index (χ0n) is 22.1. The Bertz CT molecular complexity index is 714. The van der Waals surface area contributed by atoms with Crippen LogP contribution in [0, 0.1) is 23.2 Å². The molecule has 4 aliphatic rings. The van der Waals surface area contributed by atoms with Gasteiger partial charge in [-0.25, -0.2) is 0 Å². The Balaban J connectivity index is 1.36. The third kappa shape index (κ3) is 5.39. The lowest BCUT2D eigenvalue weighted by atomic mass is 9.67. The normalized spacial score (nSPS) is 36.4. The van der Waals surface area contributed by atoms with Crippen molar-refractivity contribution in [3.63, 3.8) is 0 Å². The number of rotatable bonds is 6. The summed E-state index contributed by atoms with van der Waals surface area (Å²) in [5.41, 5.74) is -0.564. The van der Waals surface area contributed by atoms with Crippen molar-refractivity contribution in [2.24, 2.45) is 23.2 Å². The number of hydrogen-bond donors (Lipinski definition) is 0. The van der Waals surface area contributed by atoms with Crippen molar-refractivity contribution in [3.05, 3.63) is 0 Å². The van der Waals surface area contributed by atoms with Gasteiger partial charge in [-0.05, 0) is 64.7 Å². The Morgan fingerprint density at radius 3 is 2.44 bits per heavy atom. The van der Waals surface area contributed by atoms with E-state index < -0.39 is 5.41 Å². The molecule has 2 saturated heterocycles. The average molecular weight is 478 g/mol. The summed E-state index contributed by atoms with van der Waals surface area (Å²) in [4.78, 5) is 27.2. The molecule has 0 aromatic rings. The minimum atomic E-state index is -0.421. The van der Waals surface area contributed by atoms with Crippen molar-refractivity contribution in [2.45, 2.75) is 122 Å². The number of carbonyl (C=O) groups is 2. The molecule has 0 aromatic heterocycles. The minimum absolute atomic E-state index is 0.00951. The molecule has 2 saturated carbocycles. The maximum Gasteiger partial charge on any atom is 0.225 e. The quantitative estimate of drug-likeness (QED) is 0.515. The third-order valence-electron chi connectivity index (χ3n) is 9.34. The molecule has 6 heteroatoms. The van der Waals surface area contributed by atoms with Crippen molar-refractivity contribution in [1.82, 2.24) is 4.90 Å². The number of likely N-dealkylation sites (tertiary alicyclic amines) is 1. The highest BCUT2D eigenvalue weighted by Gasteiger charge is 2.50. The molecule has 5 unspecified atom stereocenters. The van der Waals surface area contributed by atoms with E-state index in [1.807, 2.05) is 13.8 Å². The van der Waals surface area contributed by atoms with Crippen LogP contribution in [0.5, 0.6) is 0 Å². The van der Waals surface area contributed by atoms with Crippen LogP contribution < -0.4 is 0 Å². The second kappa shape index (κ2) is 10.6. The molecular weight excluding hydrogens is 430 g/mol. The Morgan fingerprint density at radius 2 is 1.79 bits per heavy atom. The van der Waals surface area contributed by atoms with Crippen molar-refractivity contribution in [1.29, 1.82) is 0 Å². The Hall–Kier alpha value is -0.980. The van der Waals surface area contributed by atoms with Gasteiger partial charge in [-0.3, -0.25) is 4.79 Å². The summed E-state index contributed by atoms with van der Waals surface area (Å²) in [5.74, 6) is 0.948. The van der Waals surface area contributed by atoms with Crippen LogP contribution in [-0.4, -0.2) is 67.3 Å². The SMILES string of the molecule is COC1CC(C(=O)N2CCC3(CC2)C[C@@H](OC(C)C)C2CCCCC2O3)CCC1C(C)(C)C=O. The highest BCUT2D eigenvalue weighted by molar-refractivity contribution is 5.79. The summed E-state index contributed by atoms with van der Waals surface area (Å²) in [6.07, 6.45) is 11.9. The highest BCUT2D eigenvalue weighted by Crippen LogP contribution is 2.47. The second-order valence-corrected chi connectivity index (χ2v) is 12.4. The van der Waals surface area contributed by atoms with Gasteiger partial charge < -0.3 is 23.9 Å². The number of aldehydes is 1. The maximum absolute atomic E-state index is 13.5. The number of piperidine rings is 1. The number of fused-ring (bicyclic) bond motifs is 1. The van der Waals surface area contributed by atoms with Gasteiger partial charge in [-0.1, -0.05) is 26.7 Å². The second-order valence-electron chi connectivity index (χ2n) is 12.4. The highest BCUT2D eigenvalue weighted by atomic mass is 16.5. The van der Waals surface area contributed by atoms with Gasteiger partial charge in [0.15, 0.2) is 0 Å². The molecule has 6 nitrogen and oxygen atoms in total. The molecule has 2 aliphatic heterocycles. The monoisotopic (exact) mass is 477 g/mol. The van der Waals surface area contributed by atoms with Crippen LogP contribution in [0.4, 0.5) is 0 Å². The van der Waals surface area contributed by atoms with Crippen LogP contribution in [0.2, 0.25) is 0 Å². The van der Waals surface area contributed by atoms with E-state index in [1.165, 1.54) is 19.3 Å². The van der Waals surface area contributed by atoms with Gasteiger partial charge in [0.25, 0.3) is 0 Å². The lowest BCUT2D eigenvalue weighted by molar-refractivity contribution is -0.232. The van der Waals surface area contributed by atoms with E-state index in [9.17, 15) is 9.59 Å². The Labute approximate surface area is 206 Å². The van der Waals surface area contributed by atoms with Gasteiger partial charge in [-0.2, -0.15) is 0 Å². The van der Waals surface area contributed by atoms with Crippen molar-refractivity contribution in [2.75, 3.05) is 20.2 Å². The summed E-state index contributed by atoms with van der Waals surface area (Å²) in [5, 5.41) is 0. The lowest BCUT2D eigenvalue weighted by Gasteiger charge is -2.53. The molecule has 0 bridgehead atoms. The average Bonchev–Trinajstić information content (AvgIpc) is 2.83. The molecule has 194 valence electrons. The number of carbonyl (C=O) groups excluding carboxylic acids is 2. The first kappa shape index (κ1) is 26.1. The van der Waals surface area contributed by atoms with E-state index in [1.54, 1.807) is 7.11 Å². The number of hydrogen-bond acceptors (Lipinski definition) is 5. The molecule has 4 rings (SSSR count). The summed E-state index contributed by atoms with van der Waals surface area (Å²) in [6.45, 7) is 9.78. The van der Waals surface area contributed by atoms with E-state index >= 15 is 0 Å². The van der Waals surface area contributed by atoms with Crippen LogP contribution in [-0.2, 0) is 23.8 Å². The molecule has 2 heterocycles. The largest absolute Gasteiger partial charge is 0.381 e. The lowest BCUT2D eigenvalue weighted by Crippen LogP contribution is -2.58. The molecule has 1 amide bonds. The smallest absolute Gasteiger partial charge is 0.225 e. The van der Waals surface area contributed by atoms with E-state index in [4.69, 9.17) is 14.2 Å². The minimum Gasteiger partial charge on any atom is -0.381 e. The van der Waals surface area contributed by atoms with Gasteiger partial charge in [0.2, 0.25) is 5.91 Å². The van der Waals surface area contributed by atoms with E-state index in [0.29, 0.717) is 18.4 Å². The first-order valence-corrected chi connectivity index (χ1v) is 13.8. The predicted molar refractivity (Wildman–Crippen MR) is 131 cm³/mol. The van der Waals surface area contributed by atoms with E-state index in [-0.39, 0.29) is 41.7 Å². The van der Waals surface area contributed by atoms with Gasteiger partial charge in [0.05, 0.1) is 30.0 Å². The van der Waals surface area contributed by atoms with Crippen molar-refractivity contribution < 1.29 is 23.8 Å². The number of amides is 1. The molecule has 0 radical (unpaired) electrons. The molecule has 34 heavy (non-hydrogen) atoms. The van der Waals surface area contributed by atoms with Crippen molar-refractivity contribution in [3.8, 4) is 0 Å². The van der Waals surface area contributed by atoms with Gasteiger partial charge >= 0.3 is 0 Å². The number of methoxy groups -OCH3 is 1. The van der Waals surface area contributed by atoms with E-state index in [2.05, 4.69) is 18.7 Å². The van der Waals surface area contributed by atoms with E-state index in [0.717, 1.165) is 57.9 Å². The number of nitrogens with zero attached hydrogens (tertiary/aromatic N) is 1. The molecule has 1 spiro atoms. The van der Waals surface area contributed by atoms with Crippen LogP contribution in [0.15, 0.2) is 0 Å². The first-order chi connectivity index (χ1) is 16.2. The van der Waals surface area contributed by atoms with Gasteiger partial charge in [-0.15, -0.1) is 0 Å². The standard InChI is InChI=1S/C28H47NO5/c1-19(2)33-25-17-28(34-23-9-7-6-8-21(23)25)12-14-29(15-13-28)26(31)20-10-11-22(24(16-20)32-5)27(3,4)18-30/h18-25H,6-17H2,1-5H3/t20?,21?,22?,23?,24?,25-/m1/s1. The Morgan fingerprint density at radius 1 is 1.09 bits per heavy atom. The van der Waals surface area contributed by atoms with Gasteiger partial charge in [0, 0.05) is 43.9 Å². The van der Waals surface area contributed by atoms with Crippen LogP contribution in [0.3, 0.4) is 0 Å². The zero-order valence-corrected chi connectivity index (χ0v) is 22.1. The summed E-state index contributed by atoms with van der Waals surface area (Å²) in [6, 6.07) is 0. The zero-order chi connectivity index (χ0) is 24.5. The fraction of sp³-hybridized carbons (Fsp3) is 0.929. The topological polar surface area (TPSA) is 65.1 Å². The molecular formula is C28H47NO5.